The number of ether oxygens (including phenoxy) is 1. The van der Waals surface area contributed by atoms with Crippen molar-refractivity contribution in [2.75, 3.05) is 37.6 Å². The highest BCUT2D eigenvalue weighted by Gasteiger charge is 2.23. The first-order chi connectivity index (χ1) is 16.4. The molecule has 0 radical (unpaired) electrons. The van der Waals surface area contributed by atoms with Gasteiger partial charge in [-0.25, -0.2) is 4.79 Å². The zero-order valence-corrected chi connectivity index (χ0v) is 19.7. The number of nitriles is 1. The van der Waals surface area contributed by atoms with Gasteiger partial charge in [-0.3, -0.25) is 4.79 Å². The number of anilines is 1. The van der Waals surface area contributed by atoms with E-state index in [0.717, 1.165) is 22.4 Å². The maximum Gasteiger partial charge on any atom is 0.407 e. The molecule has 3 rings (SSSR count). The molecular formula is C26H32N4O4. The highest BCUT2D eigenvalue weighted by molar-refractivity contribution is 5.81. The number of hydrogen-bond acceptors (Lipinski definition) is 5. The SMILES string of the molecule is CC(C)CC(OCc1cc(N2CCN(C(=O)O)CC2)ccc1-c1ccccc1)C(=O)NCC#N. The van der Waals surface area contributed by atoms with Gasteiger partial charge in [0.1, 0.15) is 12.6 Å². The molecule has 0 aromatic heterocycles. The molecule has 2 N–H and O–H groups in total. The molecule has 2 amide bonds. The van der Waals surface area contributed by atoms with Crippen LogP contribution in [0.15, 0.2) is 48.5 Å². The van der Waals surface area contributed by atoms with E-state index in [-0.39, 0.29) is 25.0 Å². The molecule has 34 heavy (non-hydrogen) atoms. The van der Waals surface area contributed by atoms with Gasteiger partial charge in [0.15, 0.2) is 0 Å². The molecule has 1 saturated heterocycles. The normalized spacial score (nSPS) is 14.5. The predicted molar refractivity (Wildman–Crippen MR) is 130 cm³/mol. The highest BCUT2D eigenvalue weighted by Crippen LogP contribution is 2.30. The van der Waals surface area contributed by atoms with E-state index in [2.05, 4.69) is 22.3 Å². The van der Waals surface area contributed by atoms with Crippen LogP contribution in [-0.2, 0) is 16.1 Å². The standard InChI is InChI=1S/C26H32N4O4/c1-19(2)16-24(25(31)28-11-10-27)34-18-21-17-22(29-12-14-30(15-13-29)26(32)33)8-9-23(21)20-6-4-3-5-7-20/h3-9,17,19,24H,11-16,18H2,1-2H3,(H,28,31)(H,32,33). The van der Waals surface area contributed by atoms with E-state index in [9.17, 15) is 14.7 Å². The van der Waals surface area contributed by atoms with Crippen LogP contribution in [0.3, 0.4) is 0 Å². The van der Waals surface area contributed by atoms with E-state index in [1.54, 1.807) is 0 Å². The number of carboxylic acid groups (broad SMARTS) is 1. The van der Waals surface area contributed by atoms with Crippen LogP contribution in [0.4, 0.5) is 10.5 Å². The molecule has 0 saturated carbocycles. The monoisotopic (exact) mass is 464 g/mol. The van der Waals surface area contributed by atoms with E-state index < -0.39 is 12.2 Å². The molecule has 180 valence electrons. The molecule has 8 heteroatoms. The Bertz CT molecular complexity index is 1010. The smallest absolute Gasteiger partial charge is 0.407 e. The first-order valence-electron chi connectivity index (χ1n) is 11.6. The molecule has 0 spiro atoms. The van der Waals surface area contributed by atoms with E-state index >= 15 is 0 Å². The summed E-state index contributed by atoms with van der Waals surface area (Å²) in [6.07, 6.45) is -0.992. The predicted octanol–water partition coefficient (Wildman–Crippen LogP) is 3.72. The summed E-state index contributed by atoms with van der Waals surface area (Å²) in [6, 6.07) is 18.1. The third-order valence-corrected chi connectivity index (χ3v) is 5.85. The summed E-state index contributed by atoms with van der Waals surface area (Å²) < 4.78 is 6.12. The van der Waals surface area contributed by atoms with Crippen LogP contribution in [0.1, 0.15) is 25.8 Å². The topological polar surface area (TPSA) is 106 Å². The lowest BCUT2D eigenvalue weighted by molar-refractivity contribution is -0.134. The summed E-state index contributed by atoms with van der Waals surface area (Å²) in [5.74, 6) is -0.0271. The Morgan fingerprint density at radius 1 is 1.12 bits per heavy atom. The molecule has 1 aliphatic heterocycles. The molecule has 1 atom stereocenters. The second kappa shape index (κ2) is 12.1. The second-order valence-electron chi connectivity index (χ2n) is 8.77. The Kier molecular flexibility index (Phi) is 8.88. The van der Waals surface area contributed by atoms with Crippen molar-refractivity contribution in [3.8, 4) is 17.2 Å². The number of benzene rings is 2. The van der Waals surface area contributed by atoms with Gasteiger partial charge in [-0.15, -0.1) is 0 Å². The third-order valence-electron chi connectivity index (χ3n) is 5.85. The number of amides is 2. The Morgan fingerprint density at radius 3 is 2.44 bits per heavy atom. The summed E-state index contributed by atoms with van der Waals surface area (Å²) in [7, 11) is 0. The molecule has 1 heterocycles. The maximum absolute atomic E-state index is 12.6. The van der Waals surface area contributed by atoms with Crippen LogP contribution in [0.2, 0.25) is 0 Å². The van der Waals surface area contributed by atoms with Crippen LogP contribution in [0.5, 0.6) is 0 Å². The maximum atomic E-state index is 12.6. The van der Waals surface area contributed by atoms with Crippen LogP contribution in [-0.4, -0.2) is 60.8 Å². The van der Waals surface area contributed by atoms with E-state index in [0.29, 0.717) is 32.6 Å². The van der Waals surface area contributed by atoms with Gasteiger partial charge in [0.05, 0.1) is 12.7 Å². The molecule has 1 fully saturated rings. The van der Waals surface area contributed by atoms with Crippen LogP contribution < -0.4 is 10.2 Å². The number of hydrogen-bond donors (Lipinski definition) is 2. The molecule has 0 aliphatic carbocycles. The molecule has 1 unspecified atom stereocenters. The number of nitrogens with one attached hydrogen (secondary N) is 1. The Labute approximate surface area is 200 Å². The van der Waals surface area contributed by atoms with Crippen LogP contribution in [0, 0.1) is 17.2 Å². The molecular weight excluding hydrogens is 432 g/mol. The molecule has 0 bridgehead atoms. The molecule has 2 aromatic rings. The number of nitrogens with zero attached hydrogens (tertiary/aromatic N) is 3. The summed E-state index contributed by atoms with van der Waals surface area (Å²) in [5, 5.41) is 20.6. The van der Waals surface area contributed by atoms with Crippen molar-refractivity contribution < 1.29 is 19.4 Å². The van der Waals surface area contributed by atoms with Gasteiger partial charge < -0.3 is 25.0 Å². The number of carbonyl (C=O) groups is 2. The minimum atomic E-state index is -0.890. The fourth-order valence-corrected chi connectivity index (χ4v) is 4.06. The minimum absolute atomic E-state index is 0.0517. The number of piperazine rings is 1. The highest BCUT2D eigenvalue weighted by atomic mass is 16.5. The van der Waals surface area contributed by atoms with Gasteiger partial charge in [-0.2, -0.15) is 5.26 Å². The Morgan fingerprint density at radius 2 is 1.82 bits per heavy atom. The number of carbonyl (C=O) groups excluding carboxylic acids is 1. The van der Waals surface area contributed by atoms with E-state index in [1.807, 2.05) is 56.3 Å². The van der Waals surface area contributed by atoms with Crippen molar-refractivity contribution in [1.82, 2.24) is 10.2 Å². The van der Waals surface area contributed by atoms with Gasteiger partial charge in [-0.05, 0) is 41.2 Å². The lowest BCUT2D eigenvalue weighted by Gasteiger charge is -2.35. The van der Waals surface area contributed by atoms with Crippen molar-refractivity contribution in [2.45, 2.75) is 33.0 Å². The summed E-state index contributed by atoms with van der Waals surface area (Å²) >= 11 is 0. The fraction of sp³-hybridized carbons (Fsp3) is 0.423. The van der Waals surface area contributed by atoms with Crippen molar-refractivity contribution in [2.24, 2.45) is 5.92 Å². The van der Waals surface area contributed by atoms with E-state index in [1.165, 1.54) is 4.90 Å². The average molecular weight is 465 g/mol. The van der Waals surface area contributed by atoms with Gasteiger partial charge in [-0.1, -0.05) is 50.2 Å². The zero-order valence-electron chi connectivity index (χ0n) is 19.7. The number of rotatable bonds is 9. The molecule has 1 aliphatic rings. The third kappa shape index (κ3) is 6.72. The van der Waals surface area contributed by atoms with Crippen LogP contribution in [0.25, 0.3) is 11.1 Å². The fourth-order valence-electron chi connectivity index (χ4n) is 4.06. The van der Waals surface area contributed by atoms with E-state index in [4.69, 9.17) is 10.00 Å². The van der Waals surface area contributed by atoms with Crippen molar-refractivity contribution in [1.29, 1.82) is 5.26 Å². The lowest BCUT2D eigenvalue weighted by atomic mass is 9.98. The van der Waals surface area contributed by atoms with Gasteiger partial charge in [0.25, 0.3) is 0 Å². The molecule has 2 aromatic carbocycles. The summed E-state index contributed by atoms with van der Waals surface area (Å²) in [6.45, 7) is 6.39. The van der Waals surface area contributed by atoms with Crippen molar-refractivity contribution in [3.05, 3.63) is 54.1 Å². The van der Waals surface area contributed by atoms with Crippen LogP contribution >= 0.6 is 0 Å². The Hall–Kier alpha value is -3.57. The van der Waals surface area contributed by atoms with Crippen molar-refractivity contribution in [3.63, 3.8) is 0 Å². The minimum Gasteiger partial charge on any atom is -0.465 e. The largest absolute Gasteiger partial charge is 0.465 e. The first-order valence-corrected chi connectivity index (χ1v) is 11.6. The summed E-state index contributed by atoms with van der Waals surface area (Å²) in [5.41, 5.74) is 4.02. The average Bonchev–Trinajstić information content (AvgIpc) is 2.85. The summed E-state index contributed by atoms with van der Waals surface area (Å²) in [4.78, 5) is 27.4. The zero-order chi connectivity index (χ0) is 24.5. The van der Waals surface area contributed by atoms with Gasteiger partial charge >= 0.3 is 6.09 Å². The first kappa shape index (κ1) is 25.1. The quantitative estimate of drug-likeness (QED) is 0.548. The van der Waals surface area contributed by atoms with Crippen molar-refractivity contribution >= 4 is 17.7 Å². The Balaban J connectivity index is 1.83. The lowest BCUT2D eigenvalue weighted by Crippen LogP contribution is -2.48. The molecule has 8 nitrogen and oxygen atoms in total. The second-order valence-corrected chi connectivity index (χ2v) is 8.77. The van der Waals surface area contributed by atoms with Gasteiger partial charge in [0.2, 0.25) is 5.91 Å². The van der Waals surface area contributed by atoms with Gasteiger partial charge in [0, 0.05) is 31.9 Å².